The number of anilines is 1. The molecule has 1 aliphatic rings. The number of nitrogens with zero attached hydrogens (tertiary/aromatic N) is 3. The predicted molar refractivity (Wildman–Crippen MR) is 88.2 cm³/mol. The average molecular weight is 303 g/mol. The van der Waals surface area contributed by atoms with Crippen LogP contribution < -0.4 is 9.64 Å². The summed E-state index contributed by atoms with van der Waals surface area (Å²) in [6.45, 7) is 11.0. The summed E-state index contributed by atoms with van der Waals surface area (Å²) >= 11 is 0. The van der Waals surface area contributed by atoms with Gasteiger partial charge in [-0.3, -0.25) is 9.78 Å². The second-order valence-electron chi connectivity index (χ2n) is 5.96. The molecule has 22 heavy (non-hydrogen) atoms. The Balaban J connectivity index is 1.92. The van der Waals surface area contributed by atoms with Gasteiger partial charge in [0.25, 0.3) is 0 Å². The van der Waals surface area contributed by atoms with E-state index in [9.17, 15) is 4.79 Å². The molecule has 0 aliphatic carbocycles. The highest BCUT2D eigenvalue weighted by Gasteiger charge is 2.25. The van der Waals surface area contributed by atoms with Gasteiger partial charge < -0.3 is 14.5 Å². The van der Waals surface area contributed by atoms with Crippen LogP contribution in [0.15, 0.2) is 30.6 Å². The molecule has 5 nitrogen and oxygen atoms in total. The minimum Gasteiger partial charge on any atom is -0.495 e. The lowest BCUT2D eigenvalue weighted by atomic mass is 10.0. The van der Waals surface area contributed by atoms with Crippen molar-refractivity contribution in [2.75, 3.05) is 38.2 Å². The van der Waals surface area contributed by atoms with Crippen LogP contribution in [0.3, 0.4) is 0 Å². The summed E-state index contributed by atoms with van der Waals surface area (Å²) in [6.07, 6.45) is 4.30. The highest BCUT2D eigenvalue weighted by molar-refractivity contribution is 5.79. The molecule has 2 heterocycles. The minimum absolute atomic E-state index is 0.0162. The van der Waals surface area contributed by atoms with Crippen molar-refractivity contribution >= 4 is 11.6 Å². The Kier molecular flexibility index (Phi) is 5.41. The molecule has 1 atom stereocenters. The number of amides is 1. The largest absolute Gasteiger partial charge is 0.495 e. The van der Waals surface area contributed by atoms with E-state index >= 15 is 0 Å². The number of aromatic nitrogens is 1. The molecule has 1 saturated heterocycles. The molecular formula is C17H25N3O2. The number of pyridine rings is 1. The Hall–Kier alpha value is -2.04. The second kappa shape index (κ2) is 7.29. The maximum absolute atomic E-state index is 12.4. The van der Waals surface area contributed by atoms with Crippen LogP contribution in [-0.4, -0.2) is 49.1 Å². The Morgan fingerprint density at radius 2 is 2.05 bits per heavy atom. The third-order valence-corrected chi connectivity index (χ3v) is 3.97. The molecule has 1 fully saturated rings. The fourth-order valence-electron chi connectivity index (χ4n) is 2.80. The van der Waals surface area contributed by atoms with E-state index in [0.717, 1.165) is 49.6 Å². The van der Waals surface area contributed by atoms with Gasteiger partial charge in [-0.1, -0.05) is 12.5 Å². The van der Waals surface area contributed by atoms with Crippen molar-refractivity contribution in [2.45, 2.75) is 20.3 Å². The number of carbonyl (C=O) groups excluding carboxylic acids is 1. The number of piperazine rings is 1. The van der Waals surface area contributed by atoms with Gasteiger partial charge in [-0.05, 0) is 13.3 Å². The van der Waals surface area contributed by atoms with E-state index in [-0.39, 0.29) is 11.8 Å². The molecule has 0 spiro atoms. The fourth-order valence-corrected chi connectivity index (χ4v) is 2.80. The number of allylic oxidation sites excluding steroid dienone is 1. The Morgan fingerprint density at radius 1 is 1.36 bits per heavy atom. The van der Waals surface area contributed by atoms with Crippen molar-refractivity contribution in [3.8, 4) is 5.75 Å². The molecule has 0 radical (unpaired) electrons. The molecule has 1 unspecified atom stereocenters. The highest BCUT2D eigenvalue weighted by Crippen LogP contribution is 2.21. The average Bonchev–Trinajstić information content (AvgIpc) is 2.53. The Morgan fingerprint density at radius 3 is 2.64 bits per heavy atom. The van der Waals surface area contributed by atoms with E-state index < -0.39 is 0 Å². The van der Waals surface area contributed by atoms with Crippen molar-refractivity contribution in [2.24, 2.45) is 5.92 Å². The van der Waals surface area contributed by atoms with Crippen LogP contribution in [0.1, 0.15) is 20.3 Å². The summed E-state index contributed by atoms with van der Waals surface area (Å²) in [5.74, 6) is 1.00. The molecular weight excluding hydrogens is 278 g/mol. The molecule has 1 aromatic rings. The zero-order valence-corrected chi connectivity index (χ0v) is 13.7. The van der Waals surface area contributed by atoms with Crippen LogP contribution in [-0.2, 0) is 4.79 Å². The molecule has 1 aliphatic heterocycles. The molecule has 5 heteroatoms. The van der Waals surface area contributed by atoms with Gasteiger partial charge in [0.15, 0.2) is 0 Å². The number of ether oxygens (including phenoxy) is 1. The van der Waals surface area contributed by atoms with E-state index in [0.29, 0.717) is 0 Å². The van der Waals surface area contributed by atoms with E-state index in [1.54, 1.807) is 13.3 Å². The standard InChI is InChI=1S/C17H25N3O2/c1-13(2)9-14(3)17(21)20-7-5-19(6-8-20)15-10-16(22-4)12-18-11-15/h10-12,14H,1,5-9H2,2-4H3. The first-order valence-electron chi connectivity index (χ1n) is 7.68. The van der Waals surface area contributed by atoms with Crippen molar-refractivity contribution in [1.82, 2.24) is 9.88 Å². The van der Waals surface area contributed by atoms with Gasteiger partial charge in [-0.25, -0.2) is 0 Å². The summed E-state index contributed by atoms with van der Waals surface area (Å²) in [4.78, 5) is 20.8. The zero-order chi connectivity index (χ0) is 16.1. The van der Waals surface area contributed by atoms with Gasteiger partial charge in [-0.15, -0.1) is 6.58 Å². The van der Waals surface area contributed by atoms with Gasteiger partial charge in [-0.2, -0.15) is 0 Å². The Bertz CT molecular complexity index is 536. The SMILES string of the molecule is C=C(C)CC(C)C(=O)N1CCN(c2cncc(OC)c2)CC1. The van der Waals surface area contributed by atoms with Crippen molar-refractivity contribution in [1.29, 1.82) is 0 Å². The maximum atomic E-state index is 12.4. The summed E-state index contributed by atoms with van der Waals surface area (Å²) < 4.78 is 5.21. The molecule has 1 amide bonds. The molecule has 0 aromatic carbocycles. The Labute approximate surface area is 132 Å². The zero-order valence-electron chi connectivity index (χ0n) is 13.7. The van der Waals surface area contributed by atoms with E-state index in [1.807, 2.05) is 31.0 Å². The van der Waals surface area contributed by atoms with Crippen LogP contribution in [0.4, 0.5) is 5.69 Å². The minimum atomic E-state index is 0.0162. The molecule has 120 valence electrons. The number of carbonyl (C=O) groups is 1. The number of hydrogen-bond donors (Lipinski definition) is 0. The molecule has 0 bridgehead atoms. The van der Waals surface area contributed by atoms with Crippen LogP contribution in [0.5, 0.6) is 5.75 Å². The monoisotopic (exact) mass is 303 g/mol. The predicted octanol–water partition coefficient (Wildman–Crippen LogP) is 2.34. The van der Waals surface area contributed by atoms with E-state index in [4.69, 9.17) is 4.74 Å². The van der Waals surface area contributed by atoms with Crippen molar-refractivity contribution in [3.63, 3.8) is 0 Å². The van der Waals surface area contributed by atoms with E-state index in [2.05, 4.69) is 16.5 Å². The first-order chi connectivity index (χ1) is 10.5. The smallest absolute Gasteiger partial charge is 0.225 e. The lowest BCUT2D eigenvalue weighted by Gasteiger charge is -2.37. The maximum Gasteiger partial charge on any atom is 0.225 e. The molecule has 0 N–H and O–H groups in total. The van der Waals surface area contributed by atoms with Gasteiger partial charge in [0, 0.05) is 38.2 Å². The van der Waals surface area contributed by atoms with Gasteiger partial charge in [0.2, 0.25) is 5.91 Å². The van der Waals surface area contributed by atoms with E-state index in [1.165, 1.54) is 0 Å². The lowest BCUT2D eigenvalue weighted by molar-refractivity contribution is -0.135. The lowest BCUT2D eigenvalue weighted by Crippen LogP contribution is -2.50. The third-order valence-electron chi connectivity index (χ3n) is 3.97. The highest BCUT2D eigenvalue weighted by atomic mass is 16.5. The first-order valence-corrected chi connectivity index (χ1v) is 7.68. The number of hydrogen-bond acceptors (Lipinski definition) is 4. The topological polar surface area (TPSA) is 45.7 Å². The number of rotatable bonds is 5. The van der Waals surface area contributed by atoms with Crippen molar-refractivity contribution < 1.29 is 9.53 Å². The normalized spacial score (nSPS) is 16.3. The van der Waals surface area contributed by atoms with Gasteiger partial charge in [0.05, 0.1) is 25.2 Å². The summed E-state index contributed by atoms with van der Waals surface area (Å²) in [5, 5.41) is 0. The summed E-state index contributed by atoms with van der Waals surface area (Å²) in [6, 6.07) is 1.98. The van der Waals surface area contributed by atoms with Gasteiger partial charge in [0.1, 0.15) is 5.75 Å². The summed E-state index contributed by atoms with van der Waals surface area (Å²) in [7, 11) is 1.64. The van der Waals surface area contributed by atoms with Crippen LogP contribution in [0, 0.1) is 5.92 Å². The number of methoxy groups -OCH3 is 1. The first kappa shape index (κ1) is 16.3. The molecule has 1 aromatic heterocycles. The third kappa shape index (κ3) is 4.00. The van der Waals surface area contributed by atoms with Crippen LogP contribution in [0.25, 0.3) is 0 Å². The second-order valence-corrected chi connectivity index (χ2v) is 5.96. The molecule has 0 saturated carbocycles. The van der Waals surface area contributed by atoms with Crippen LogP contribution in [0.2, 0.25) is 0 Å². The van der Waals surface area contributed by atoms with Crippen LogP contribution >= 0.6 is 0 Å². The van der Waals surface area contributed by atoms with Crippen molar-refractivity contribution in [3.05, 3.63) is 30.6 Å². The molecule has 2 rings (SSSR count). The quantitative estimate of drug-likeness (QED) is 0.783. The fraction of sp³-hybridized carbons (Fsp3) is 0.529. The summed E-state index contributed by atoms with van der Waals surface area (Å²) in [5.41, 5.74) is 2.10. The van der Waals surface area contributed by atoms with Gasteiger partial charge >= 0.3 is 0 Å².